The topological polar surface area (TPSA) is 50.9 Å². The highest BCUT2D eigenvalue weighted by Gasteiger charge is 2.12. The number of pyridine rings is 1. The first-order valence-corrected chi connectivity index (χ1v) is 6.38. The van der Waals surface area contributed by atoms with Crippen molar-refractivity contribution in [3.63, 3.8) is 0 Å². The lowest BCUT2D eigenvalue weighted by molar-refractivity contribution is 0.174. The Morgan fingerprint density at radius 1 is 1.39 bits per heavy atom. The van der Waals surface area contributed by atoms with Gasteiger partial charge in [-0.2, -0.15) is 0 Å². The third-order valence-corrected chi connectivity index (χ3v) is 2.98. The molecule has 0 spiro atoms. The summed E-state index contributed by atoms with van der Waals surface area (Å²) in [4.78, 5) is 8.18. The van der Waals surface area contributed by atoms with Gasteiger partial charge in [-0.25, -0.2) is 9.97 Å². The molecule has 1 N–H and O–H groups in total. The van der Waals surface area contributed by atoms with Crippen molar-refractivity contribution in [1.29, 1.82) is 0 Å². The van der Waals surface area contributed by atoms with Crippen LogP contribution in [0.15, 0.2) is 30.7 Å². The number of aromatic nitrogens is 3. The second kappa shape index (κ2) is 5.98. The van der Waals surface area contributed by atoms with Crippen LogP contribution in [0.3, 0.4) is 0 Å². The zero-order valence-corrected chi connectivity index (χ0v) is 11.0. The fourth-order valence-electron chi connectivity index (χ4n) is 1.89. The molecule has 0 fully saturated rings. The molecule has 2 aromatic rings. The van der Waals surface area contributed by atoms with Crippen molar-refractivity contribution in [3.8, 4) is 0 Å². The van der Waals surface area contributed by atoms with Gasteiger partial charge in [-0.3, -0.25) is 0 Å². The van der Waals surface area contributed by atoms with Crippen LogP contribution in [0.2, 0.25) is 5.15 Å². The highest BCUT2D eigenvalue weighted by Crippen LogP contribution is 2.19. The average Bonchev–Trinajstić information content (AvgIpc) is 2.77. The molecule has 0 amide bonds. The minimum absolute atomic E-state index is 0.392. The van der Waals surface area contributed by atoms with E-state index in [4.69, 9.17) is 11.6 Å². The number of rotatable bonds is 5. The van der Waals surface area contributed by atoms with E-state index in [2.05, 4.69) is 21.5 Å². The Kier molecular flexibility index (Phi) is 4.33. The second-order valence-corrected chi connectivity index (χ2v) is 4.56. The van der Waals surface area contributed by atoms with E-state index in [9.17, 15) is 5.11 Å². The molecule has 4 nitrogen and oxygen atoms in total. The van der Waals surface area contributed by atoms with Gasteiger partial charge in [0.15, 0.2) is 0 Å². The first kappa shape index (κ1) is 13.1. The maximum Gasteiger partial charge on any atom is 0.129 e. The maximum atomic E-state index is 10.2. The quantitative estimate of drug-likeness (QED) is 0.846. The van der Waals surface area contributed by atoms with Crippen LogP contribution >= 0.6 is 11.6 Å². The van der Waals surface area contributed by atoms with Crippen LogP contribution < -0.4 is 0 Å². The number of imidazole rings is 1. The molecule has 5 heteroatoms. The number of nitrogens with zero attached hydrogens (tertiary/aromatic N) is 3. The summed E-state index contributed by atoms with van der Waals surface area (Å²) in [5.41, 5.74) is 0.765. The number of aliphatic hydroxyl groups is 1. The number of aryl methyl sites for hydroxylation is 1. The van der Waals surface area contributed by atoms with Crippen molar-refractivity contribution < 1.29 is 5.11 Å². The summed E-state index contributed by atoms with van der Waals surface area (Å²) in [5, 5.41) is 10.6. The molecule has 0 aliphatic carbocycles. The van der Waals surface area contributed by atoms with Gasteiger partial charge < -0.3 is 9.67 Å². The van der Waals surface area contributed by atoms with E-state index in [0.29, 0.717) is 11.6 Å². The van der Waals surface area contributed by atoms with Crippen molar-refractivity contribution in [2.24, 2.45) is 0 Å². The number of halogens is 1. The van der Waals surface area contributed by atoms with Crippen LogP contribution in [-0.4, -0.2) is 19.6 Å². The SMILES string of the molecule is CCCn1ccnc1CC(O)c1ccnc(Cl)c1. The third kappa shape index (κ3) is 3.09. The molecule has 18 heavy (non-hydrogen) atoms. The first-order chi connectivity index (χ1) is 8.70. The zero-order valence-electron chi connectivity index (χ0n) is 10.3. The van der Waals surface area contributed by atoms with Crippen LogP contribution in [0.4, 0.5) is 0 Å². The van der Waals surface area contributed by atoms with Crippen molar-refractivity contribution >= 4 is 11.6 Å². The van der Waals surface area contributed by atoms with Gasteiger partial charge in [0.25, 0.3) is 0 Å². The summed E-state index contributed by atoms with van der Waals surface area (Å²) in [6.45, 7) is 3.03. The fraction of sp³-hybridized carbons (Fsp3) is 0.385. The molecule has 1 atom stereocenters. The number of hydrogen-bond acceptors (Lipinski definition) is 3. The lowest BCUT2D eigenvalue weighted by atomic mass is 10.1. The first-order valence-electron chi connectivity index (χ1n) is 6.00. The second-order valence-electron chi connectivity index (χ2n) is 4.17. The Labute approximate surface area is 111 Å². The maximum absolute atomic E-state index is 10.2. The molecule has 0 aromatic carbocycles. The lowest BCUT2D eigenvalue weighted by Crippen LogP contribution is -2.09. The molecule has 0 saturated carbocycles. The summed E-state index contributed by atoms with van der Waals surface area (Å²) >= 11 is 5.81. The van der Waals surface area contributed by atoms with Crippen molar-refractivity contribution in [1.82, 2.24) is 14.5 Å². The monoisotopic (exact) mass is 265 g/mol. The lowest BCUT2D eigenvalue weighted by Gasteiger charge is -2.12. The average molecular weight is 266 g/mol. The summed E-state index contributed by atoms with van der Waals surface area (Å²) in [5.74, 6) is 0.886. The third-order valence-electron chi connectivity index (χ3n) is 2.78. The molecule has 1 unspecified atom stereocenters. The zero-order chi connectivity index (χ0) is 13.0. The van der Waals surface area contributed by atoms with Gasteiger partial charge in [-0.05, 0) is 24.1 Å². The van der Waals surface area contributed by atoms with Gasteiger partial charge in [-0.15, -0.1) is 0 Å². The minimum Gasteiger partial charge on any atom is -0.388 e. The summed E-state index contributed by atoms with van der Waals surface area (Å²) < 4.78 is 2.06. The molecule has 2 aromatic heterocycles. The van der Waals surface area contributed by atoms with E-state index in [1.807, 2.05) is 6.20 Å². The van der Waals surface area contributed by atoms with E-state index in [1.165, 1.54) is 0 Å². The van der Waals surface area contributed by atoms with Gasteiger partial charge in [0.1, 0.15) is 11.0 Å². The van der Waals surface area contributed by atoms with Gasteiger partial charge in [-0.1, -0.05) is 18.5 Å². The Balaban J connectivity index is 2.11. The van der Waals surface area contributed by atoms with Crippen molar-refractivity contribution in [2.75, 3.05) is 0 Å². The highest BCUT2D eigenvalue weighted by atomic mass is 35.5. The molecular weight excluding hydrogens is 250 g/mol. The Bertz CT molecular complexity index is 512. The molecule has 0 aliphatic heterocycles. The van der Waals surface area contributed by atoms with E-state index >= 15 is 0 Å². The number of aliphatic hydroxyl groups excluding tert-OH is 1. The van der Waals surface area contributed by atoms with Gasteiger partial charge in [0.05, 0.1) is 6.10 Å². The van der Waals surface area contributed by atoms with Crippen LogP contribution in [-0.2, 0) is 13.0 Å². The molecule has 0 radical (unpaired) electrons. The van der Waals surface area contributed by atoms with Gasteiger partial charge in [0.2, 0.25) is 0 Å². The van der Waals surface area contributed by atoms with Crippen LogP contribution in [0.5, 0.6) is 0 Å². The molecule has 0 aliphatic rings. The Hall–Kier alpha value is -1.39. The van der Waals surface area contributed by atoms with Crippen molar-refractivity contribution in [3.05, 3.63) is 47.3 Å². The van der Waals surface area contributed by atoms with Gasteiger partial charge >= 0.3 is 0 Å². The Morgan fingerprint density at radius 2 is 2.22 bits per heavy atom. The van der Waals surface area contributed by atoms with Gasteiger partial charge in [0, 0.05) is 31.6 Å². The summed E-state index contributed by atoms with van der Waals surface area (Å²) in [7, 11) is 0. The standard InChI is InChI=1S/C13H16ClN3O/c1-2-6-17-7-5-16-13(17)9-11(18)10-3-4-15-12(14)8-10/h3-5,7-8,11,18H,2,6,9H2,1H3. The van der Waals surface area contributed by atoms with E-state index in [-0.39, 0.29) is 0 Å². The van der Waals surface area contributed by atoms with E-state index < -0.39 is 6.10 Å². The molecule has 0 saturated heterocycles. The van der Waals surface area contributed by atoms with Crippen molar-refractivity contribution in [2.45, 2.75) is 32.4 Å². The Morgan fingerprint density at radius 3 is 2.94 bits per heavy atom. The highest BCUT2D eigenvalue weighted by molar-refractivity contribution is 6.29. The molecular formula is C13H16ClN3O. The van der Waals surface area contributed by atoms with Crippen LogP contribution in [0.25, 0.3) is 0 Å². The predicted molar refractivity (Wildman–Crippen MR) is 70.4 cm³/mol. The molecule has 96 valence electrons. The summed E-state index contributed by atoms with van der Waals surface area (Å²) in [6, 6.07) is 3.45. The summed E-state index contributed by atoms with van der Waals surface area (Å²) in [6.07, 6.45) is 6.21. The molecule has 2 rings (SSSR count). The van der Waals surface area contributed by atoms with E-state index in [0.717, 1.165) is 24.4 Å². The minimum atomic E-state index is -0.608. The van der Waals surface area contributed by atoms with E-state index in [1.54, 1.807) is 24.5 Å². The number of hydrogen-bond donors (Lipinski definition) is 1. The predicted octanol–water partition coefficient (Wildman–Crippen LogP) is 2.62. The smallest absolute Gasteiger partial charge is 0.129 e. The van der Waals surface area contributed by atoms with Crippen LogP contribution in [0, 0.1) is 0 Å². The fourth-order valence-corrected chi connectivity index (χ4v) is 2.07. The largest absolute Gasteiger partial charge is 0.388 e. The normalized spacial score (nSPS) is 12.6. The molecule has 2 heterocycles. The molecule has 0 bridgehead atoms. The van der Waals surface area contributed by atoms with Crippen LogP contribution in [0.1, 0.15) is 30.8 Å².